The number of ether oxygens (including phenoxy) is 1. The van der Waals surface area contributed by atoms with Gasteiger partial charge in [-0.1, -0.05) is 13.8 Å². The van der Waals surface area contributed by atoms with E-state index < -0.39 is 10.0 Å². The van der Waals surface area contributed by atoms with E-state index in [-0.39, 0.29) is 16.7 Å². The highest BCUT2D eigenvalue weighted by molar-refractivity contribution is 7.89. The summed E-state index contributed by atoms with van der Waals surface area (Å²) < 4.78 is 32.8. The summed E-state index contributed by atoms with van der Waals surface area (Å²) >= 11 is 0. The van der Waals surface area contributed by atoms with Crippen LogP contribution >= 0.6 is 0 Å². The minimum atomic E-state index is -3.54. The fraction of sp³-hybridized carbons (Fsp3) is 0.682. The van der Waals surface area contributed by atoms with Crippen molar-refractivity contribution in [2.24, 2.45) is 11.8 Å². The predicted octanol–water partition coefficient (Wildman–Crippen LogP) is 3.52. The summed E-state index contributed by atoms with van der Waals surface area (Å²) in [5.74, 6) is 1.41. The maximum atomic E-state index is 13.1. The first kappa shape index (κ1) is 22.1. The van der Waals surface area contributed by atoms with Crippen molar-refractivity contribution in [3.8, 4) is 5.75 Å². The number of sulfonamides is 1. The molecule has 1 amide bonds. The Morgan fingerprint density at radius 1 is 1.14 bits per heavy atom. The molecule has 6 nitrogen and oxygen atoms in total. The van der Waals surface area contributed by atoms with Gasteiger partial charge in [0.15, 0.2) is 0 Å². The number of carbonyl (C=O) groups excluding carboxylic acids is 1. The first-order chi connectivity index (χ1) is 13.8. The third-order valence-corrected chi connectivity index (χ3v) is 7.71. The second-order valence-corrected chi connectivity index (χ2v) is 10.5. The summed E-state index contributed by atoms with van der Waals surface area (Å²) in [5.41, 5.74) is 0. The van der Waals surface area contributed by atoms with Gasteiger partial charge < -0.3 is 9.64 Å². The molecule has 0 radical (unpaired) electrons. The second kappa shape index (κ2) is 9.47. The van der Waals surface area contributed by atoms with Crippen LogP contribution in [0.5, 0.6) is 5.75 Å². The van der Waals surface area contributed by atoms with Crippen LogP contribution in [0.1, 0.15) is 52.9 Å². The highest BCUT2D eigenvalue weighted by Gasteiger charge is 2.38. The van der Waals surface area contributed by atoms with E-state index in [2.05, 4.69) is 18.7 Å². The molecule has 0 spiro atoms. The fourth-order valence-corrected chi connectivity index (χ4v) is 5.33. The zero-order valence-electron chi connectivity index (χ0n) is 17.8. The van der Waals surface area contributed by atoms with Crippen molar-refractivity contribution in [3.05, 3.63) is 24.3 Å². The van der Waals surface area contributed by atoms with Crippen molar-refractivity contribution in [2.75, 3.05) is 26.2 Å². The van der Waals surface area contributed by atoms with Crippen molar-refractivity contribution >= 4 is 15.9 Å². The van der Waals surface area contributed by atoms with Gasteiger partial charge in [-0.25, -0.2) is 8.42 Å². The fourth-order valence-electron chi connectivity index (χ4n) is 3.86. The summed E-state index contributed by atoms with van der Waals surface area (Å²) in [6.07, 6.45) is 4.43. The molecule has 0 N–H and O–H groups in total. The molecule has 1 aliphatic heterocycles. The topological polar surface area (TPSA) is 66.9 Å². The predicted molar refractivity (Wildman–Crippen MR) is 113 cm³/mol. The third-order valence-electron chi connectivity index (χ3n) is 5.79. The van der Waals surface area contributed by atoms with Crippen LogP contribution in [-0.4, -0.2) is 55.8 Å². The SMILES string of the molecule is CCOc1ccc(S(=O)(=O)N2CCC(C(=O)N(CCC(C)C)C3CC3)CC2)cc1. The lowest BCUT2D eigenvalue weighted by molar-refractivity contribution is -0.137. The minimum Gasteiger partial charge on any atom is -0.494 e. The van der Waals surface area contributed by atoms with Crippen molar-refractivity contribution in [2.45, 2.75) is 63.8 Å². The molecule has 0 unspecified atom stereocenters. The summed E-state index contributed by atoms with van der Waals surface area (Å²) in [4.78, 5) is 15.4. The van der Waals surface area contributed by atoms with E-state index in [1.165, 1.54) is 4.31 Å². The van der Waals surface area contributed by atoms with E-state index >= 15 is 0 Å². The number of carbonyl (C=O) groups is 1. The van der Waals surface area contributed by atoms with E-state index in [0.29, 0.717) is 50.2 Å². The molecule has 3 rings (SSSR count). The van der Waals surface area contributed by atoms with Crippen LogP contribution in [0.15, 0.2) is 29.2 Å². The van der Waals surface area contributed by atoms with Gasteiger partial charge in [0, 0.05) is 31.6 Å². The number of rotatable bonds is 9. The molecule has 2 aliphatic rings. The van der Waals surface area contributed by atoms with Crippen LogP contribution in [0, 0.1) is 11.8 Å². The van der Waals surface area contributed by atoms with Gasteiger partial charge in [0.1, 0.15) is 5.75 Å². The maximum absolute atomic E-state index is 13.1. The molecule has 0 bridgehead atoms. The van der Waals surface area contributed by atoms with Crippen molar-refractivity contribution in [1.29, 1.82) is 0 Å². The van der Waals surface area contributed by atoms with E-state index in [1.807, 2.05) is 6.92 Å². The van der Waals surface area contributed by atoms with Gasteiger partial charge >= 0.3 is 0 Å². The van der Waals surface area contributed by atoms with Crippen LogP contribution in [0.3, 0.4) is 0 Å². The second-order valence-electron chi connectivity index (χ2n) is 8.53. The average molecular weight is 423 g/mol. The summed E-state index contributed by atoms with van der Waals surface area (Å²) in [6, 6.07) is 6.98. The monoisotopic (exact) mass is 422 g/mol. The molecular weight excluding hydrogens is 388 g/mol. The summed E-state index contributed by atoms with van der Waals surface area (Å²) in [6.45, 7) is 8.42. The summed E-state index contributed by atoms with van der Waals surface area (Å²) in [5, 5.41) is 0. The zero-order valence-corrected chi connectivity index (χ0v) is 18.7. The summed E-state index contributed by atoms with van der Waals surface area (Å²) in [7, 11) is -3.54. The van der Waals surface area contributed by atoms with Crippen LogP contribution in [0.25, 0.3) is 0 Å². The number of hydrogen-bond donors (Lipinski definition) is 0. The third kappa shape index (κ3) is 5.51. The van der Waals surface area contributed by atoms with Crippen LogP contribution in [0.4, 0.5) is 0 Å². The van der Waals surface area contributed by atoms with E-state index in [9.17, 15) is 13.2 Å². The Morgan fingerprint density at radius 3 is 2.28 bits per heavy atom. The number of benzene rings is 1. The molecule has 0 atom stereocenters. The van der Waals surface area contributed by atoms with Crippen molar-refractivity contribution in [1.82, 2.24) is 9.21 Å². The molecule has 1 saturated carbocycles. The normalized spacial score (nSPS) is 18.8. The van der Waals surface area contributed by atoms with E-state index in [4.69, 9.17) is 4.74 Å². The lowest BCUT2D eigenvalue weighted by atomic mass is 9.96. The van der Waals surface area contributed by atoms with Crippen LogP contribution in [-0.2, 0) is 14.8 Å². The number of amides is 1. The Morgan fingerprint density at radius 2 is 1.76 bits per heavy atom. The lowest BCUT2D eigenvalue weighted by Crippen LogP contribution is -2.45. The van der Waals surface area contributed by atoms with Crippen LogP contribution < -0.4 is 4.74 Å². The molecule has 162 valence electrons. The molecule has 1 aromatic rings. The van der Waals surface area contributed by atoms with Crippen LogP contribution in [0.2, 0.25) is 0 Å². The average Bonchev–Trinajstić information content (AvgIpc) is 3.54. The first-order valence-electron chi connectivity index (χ1n) is 10.9. The van der Waals surface area contributed by atoms with Gasteiger partial charge in [0.25, 0.3) is 0 Å². The number of piperidine rings is 1. The molecule has 29 heavy (non-hydrogen) atoms. The maximum Gasteiger partial charge on any atom is 0.243 e. The zero-order chi connectivity index (χ0) is 21.0. The van der Waals surface area contributed by atoms with Crippen molar-refractivity contribution < 1.29 is 17.9 Å². The van der Waals surface area contributed by atoms with Crippen molar-refractivity contribution in [3.63, 3.8) is 0 Å². The molecule has 7 heteroatoms. The van der Waals surface area contributed by atoms with E-state index in [0.717, 1.165) is 25.8 Å². The largest absolute Gasteiger partial charge is 0.494 e. The molecule has 1 aliphatic carbocycles. The van der Waals surface area contributed by atoms with Gasteiger partial charge in [-0.2, -0.15) is 4.31 Å². The van der Waals surface area contributed by atoms with Gasteiger partial charge in [-0.3, -0.25) is 4.79 Å². The van der Waals surface area contributed by atoms with Gasteiger partial charge in [-0.15, -0.1) is 0 Å². The van der Waals surface area contributed by atoms with Gasteiger partial charge in [0.2, 0.25) is 15.9 Å². The minimum absolute atomic E-state index is 0.0606. The molecule has 1 aromatic carbocycles. The van der Waals surface area contributed by atoms with E-state index in [1.54, 1.807) is 24.3 Å². The van der Waals surface area contributed by atoms with Gasteiger partial charge in [-0.05, 0) is 69.2 Å². The Labute approximate surface area is 175 Å². The first-order valence-corrected chi connectivity index (χ1v) is 12.3. The Kier molecular flexibility index (Phi) is 7.22. The lowest BCUT2D eigenvalue weighted by Gasteiger charge is -2.34. The standard InChI is InChI=1S/C22H34N2O4S/c1-4-28-20-7-9-21(10-8-20)29(26,27)23-14-12-18(13-15-23)22(25)24(19-5-6-19)16-11-17(2)3/h7-10,17-19H,4-6,11-16H2,1-3H3. The van der Waals surface area contributed by atoms with Gasteiger partial charge in [0.05, 0.1) is 11.5 Å². The Bertz CT molecular complexity index is 780. The highest BCUT2D eigenvalue weighted by atomic mass is 32.2. The molecule has 1 heterocycles. The molecular formula is C22H34N2O4S. The number of nitrogens with zero attached hydrogens (tertiary/aromatic N) is 2. The Balaban J connectivity index is 1.59. The number of hydrogen-bond acceptors (Lipinski definition) is 4. The highest BCUT2D eigenvalue weighted by Crippen LogP contribution is 2.32. The quantitative estimate of drug-likeness (QED) is 0.611. The molecule has 1 saturated heterocycles. The molecule has 0 aromatic heterocycles. The molecule has 2 fully saturated rings. The smallest absolute Gasteiger partial charge is 0.243 e. The Hall–Kier alpha value is -1.60.